The molecule has 0 aliphatic heterocycles. The van der Waals surface area contributed by atoms with Gasteiger partial charge in [-0.3, -0.25) is 9.25 Å². The largest absolute Gasteiger partial charge is 0.475 e. The first-order valence-electron chi connectivity index (χ1n) is 10.5. The number of hydrogen-bond acceptors (Lipinski definition) is 6. The van der Waals surface area contributed by atoms with E-state index < -0.39 is 35.1 Å². The molecule has 0 aliphatic rings. The van der Waals surface area contributed by atoms with Gasteiger partial charge >= 0.3 is 11.9 Å². The SMILES string of the molecule is Cn1cc(Cn2cc(F)c(OCCc3ccc(Oc4ccc(C(F)(F)F)nc4)c(F)c3)nc2=O)cn1. The second-order valence-electron chi connectivity index (χ2n) is 7.67. The van der Waals surface area contributed by atoms with Crippen molar-refractivity contribution in [1.29, 1.82) is 0 Å². The fourth-order valence-corrected chi connectivity index (χ4v) is 3.20. The second kappa shape index (κ2) is 10.1. The smallest absolute Gasteiger partial charge is 0.433 e. The van der Waals surface area contributed by atoms with E-state index in [4.69, 9.17) is 9.47 Å². The minimum absolute atomic E-state index is 0.0715. The number of aryl methyl sites for hydroxylation is 1. The molecule has 8 nitrogen and oxygen atoms in total. The van der Waals surface area contributed by atoms with Crippen molar-refractivity contribution in [2.24, 2.45) is 7.05 Å². The molecule has 0 unspecified atom stereocenters. The Morgan fingerprint density at radius 3 is 2.44 bits per heavy atom. The first-order valence-corrected chi connectivity index (χ1v) is 10.5. The minimum atomic E-state index is -4.60. The number of aromatic nitrogens is 5. The third-order valence-electron chi connectivity index (χ3n) is 4.91. The van der Waals surface area contributed by atoms with Gasteiger partial charge in [0.05, 0.1) is 31.7 Å². The number of hydrogen-bond donors (Lipinski definition) is 0. The summed E-state index contributed by atoms with van der Waals surface area (Å²) >= 11 is 0. The molecule has 188 valence electrons. The van der Waals surface area contributed by atoms with Gasteiger partial charge in [-0.05, 0) is 29.8 Å². The van der Waals surface area contributed by atoms with Crippen molar-refractivity contribution in [1.82, 2.24) is 24.3 Å². The molecule has 3 aromatic heterocycles. The van der Waals surface area contributed by atoms with Crippen LogP contribution in [-0.2, 0) is 26.2 Å². The van der Waals surface area contributed by atoms with Crippen LogP contribution < -0.4 is 15.2 Å². The van der Waals surface area contributed by atoms with Crippen molar-refractivity contribution in [3.05, 3.63) is 94.1 Å². The second-order valence-corrected chi connectivity index (χ2v) is 7.67. The van der Waals surface area contributed by atoms with Crippen LogP contribution in [0.2, 0.25) is 0 Å². The van der Waals surface area contributed by atoms with Crippen LogP contribution in [-0.4, -0.2) is 30.9 Å². The number of rotatable bonds is 8. The van der Waals surface area contributed by atoms with Crippen LogP contribution in [0.1, 0.15) is 16.8 Å². The van der Waals surface area contributed by atoms with Crippen molar-refractivity contribution >= 4 is 0 Å². The zero-order chi connectivity index (χ0) is 25.9. The Bertz CT molecular complexity index is 1420. The molecule has 0 aliphatic carbocycles. The van der Waals surface area contributed by atoms with Crippen molar-refractivity contribution in [2.75, 3.05) is 6.61 Å². The van der Waals surface area contributed by atoms with E-state index in [0.717, 1.165) is 35.2 Å². The lowest BCUT2D eigenvalue weighted by Gasteiger charge is -2.11. The fraction of sp³-hybridized carbons (Fsp3) is 0.217. The number of pyridine rings is 1. The Balaban J connectivity index is 1.34. The van der Waals surface area contributed by atoms with Crippen LogP contribution in [0.3, 0.4) is 0 Å². The summed E-state index contributed by atoms with van der Waals surface area (Å²) in [6.45, 7) is -0.00838. The summed E-state index contributed by atoms with van der Waals surface area (Å²) in [7, 11) is 1.71. The third kappa shape index (κ3) is 6.03. The molecular formula is C23H18F5N5O3. The van der Waals surface area contributed by atoms with Gasteiger partial charge in [-0.1, -0.05) is 6.07 Å². The topological polar surface area (TPSA) is 84.1 Å². The van der Waals surface area contributed by atoms with Crippen molar-refractivity contribution in [3.8, 4) is 17.4 Å². The molecule has 1 aromatic carbocycles. The highest BCUT2D eigenvalue weighted by molar-refractivity contribution is 5.34. The number of alkyl halides is 3. The lowest BCUT2D eigenvalue weighted by molar-refractivity contribution is -0.141. The van der Waals surface area contributed by atoms with Gasteiger partial charge in [-0.25, -0.2) is 14.2 Å². The molecule has 0 spiro atoms. The molecule has 0 radical (unpaired) electrons. The number of ether oxygens (including phenoxy) is 2. The highest BCUT2D eigenvalue weighted by atomic mass is 19.4. The normalized spacial score (nSPS) is 11.5. The molecule has 0 saturated carbocycles. The van der Waals surface area contributed by atoms with Crippen LogP contribution in [0.25, 0.3) is 0 Å². The lowest BCUT2D eigenvalue weighted by Crippen LogP contribution is -2.24. The molecule has 36 heavy (non-hydrogen) atoms. The van der Waals surface area contributed by atoms with Gasteiger partial charge < -0.3 is 9.47 Å². The van der Waals surface area contributed by atoms with E-state index in [0.29, 0.717) is 11.1 Å². The average molecular weight is 507 g/mol. The first-order chi connectivity index (χ1) is 17.1. The van der Waals surface area contributed by atoms with Crippen LogP contribution >= 0.6 is 0 Å². The summed E-state index contributed by atoms with van der Waals surface area (Å²) in [5.41, 5.74) is -0.641. The van der Waals surface area contributed by atoms with Crippen LogP contribution in [0, 0.1) is 11.6 Å². The van der Waals surface area contributed by atoms with Gasteiger partial charge in [-0.15, -0.1) is 0 Å². The summed E-state index contributed by atoms with van der Waals surface area (Å²) in [6, 6.07) is 5.70. The van der Waals surface area contributed by atoms with E-state index in [2.05, 4.69) is 15.1 Å². The maximum Gasteiger partial charge on any atom is 0.433 e. The van der Waals surface area contributed by atoms with Crippen molar-refractivity contribution in [3.63, 3.8) is 0 Å². The summed E-state index contributed by atoms with van der Waals surface area (Å²) < 4.78 is 79.7. The number of halogens is 5. The Labute approximate surface area is 200 Å². The van der Waals surface area contributed by atoms with E-state index in [-0.39, 0.29) is 31.1 Å². The monoisotopic (exact) mass is 507 g/mol. The molecule has 0 saturated heterocycles. The van der Waals surface area contributed by atoms with Gasteiger partial charge in [0.2, 0.25) is 5.82 Å². The molecule has 0 atom stereocenters. The van der Waals surface area contributed by atoms with Gasteiger partial charge in [0.15, 0.2) is 11.6 Å². The number of nitrogens with zero attached hydrogens (tertiary/aromatic N) is 5. The third-order valence-corrected chi connectivity index (χ3v) is 4.91. The molecule has 0 fully saturated rings. The maximum atomic E-state index is 14.4. The molecule has 13 heteroatoms. The fourth-order valence-electron chi connectivity index (χ4n) is 3.20. The zero-order valence-corrected chi connectivity index (χ0v) is 18.7. The zero-order valence-electron chi connectivity index (χ0n) is 18.7. The highest BCUT2D eigenvalue weighted by Crippen LogP contribution is 2.30. The summed E-state index contributed by atoms with van der Waals surface area (Å²) in [6.07, 6.45) is 0.617. The van der Waals surface area contributed by atoms with E-state index in [1.807, 2.05) is 0 Å². The van der Waals surface area contributed by atoms with Crippen molar-refractivity contribution < 1.29 is 31.4 Å². The molecular weight excluding hydrogens is 489 g/mol. The first kappa shape index (κ1) is 24.8. The molecule has 4 aromatic rings. The Kier molecular flexibility index (Phi) is 6.99. The molecule has 3 heterocycles. The van der Waals surface area contributed by atoms with E-state index in [1.54, 1.807) is 24.1 Å². The molecule has 4 rings (SSSR count). The molecule has 0 N–H and O–H groups in total. The van der Waals surface area contributed by atoms with E-state index in [1.165, 1.54) is 12.1 Å². The van der Waals surface area contributed by atoms with Crippen LogP contribution in [0.15, 0.2) is 59.9 Å². The Morgan fingerprint density at radius 1 is 1.00 bits per heavy atom. The molecule has 0 amide bonds. The van der Waals surface area contributed by atoms with E-state index in [9.17, 15) is 26.7 Å². The predicted octanol–water partition coefficient (Wildman–Crippen LogP) is 4.13. The Morgan fingerprint density at radius 2 is 1.81 bits per heavy atom. The van der Waals surface area contributed by atoms with E-state index >= 15 is 0 Å². The highest BCUT2D eigenvalue weighted by Gasteiger charge is 2.32. The van der Waals surface area contributed by atoms with Crippen LogP contribution in [0.4, 0.5) is 22.0 Å². The van der Waals surface area contributed by atoms with Gasteiger partial charge in [-0.2, -0.15) is 27.6 Å². The summed E-state index contributed by atoms with van der Waals surface area (Å²) in [4.78, 5) is 19.1. The Hall–Kier alpha value is -4.29. The average Bonchev–Trinajstić information content (AvgIpc) is 3.23. The van der Waals surface area contributed by atoms with Gasteiger partial charge in [0.1, 0.15) is 11.4 Å². The number of benzene rings is 1. The van der Waals surface area contributed by atoms with Gasteiger partial charge in [0, 0.05) is 25.2 Å². The van der Waals surface area contributed by atoms with Crippen LogP contribution in [0.5, 0.6) is 17.4 Å². The quantitative estimate of drug-likeness (QED) is 0.334. The molecule has 0 bridgehead atoms. The lowest BCUT2D eigenvalue weighted by atomic mass is 10.1. The minimum Gasteiger partial charge on any atom is -0.475 e. The van der Waals surface area contributed by atoms with Gasteiger partial charge in [0.25, 0.3) is 5.88 Å². The maximum absolute atomic E-state index is 14.4. The standard InChI is InChI=1S/C23H18F5N5O3/c1-32-11-15(9-30-32)12-33-13-18(25)21(31-22(33)34)35-7-6-14-2-4-19(17(24)8-14)36-16-3-5-20(29-10-16)23(26,27)28/h2-5,8-11,13H,6-7,12H2,1H3. The van der Waals surface area contributed by atoms with Crippen molar-refractivity contribution in [2.45, 2.75) is 19.1 Å². The summed E-state index contributed by atoms with van der Waals surface area (Å²) in [5.74, 6) is -2.37. The summed E-state index contributed by atoms with van der Waals surface area (Å²) in [5, 5.41) is 3.98. The predicted molar refractivity (Wildman–Crippen MR) is 116 cm³/mol.